The lowest BCUT2D eigenvalue weighted by Crippen LogP contribution is -2.12. The first-order valence-corrected chi connectivity index (χ1v) is 24.3. The van der Waals surface area contributed by atoms with Crippen LogP contribution in [-0.4, -0.2) is 0 Å². The third kappa shape index (κ3) is 8.23. The van der Waals surface area contributed by atoms with Gasteiger partial charge in [0.1, 0.15) is 46.5 Å². The molecule has 0 unspecified atom stereocenters. The van der Waals surface area contributed by atoms with Gasteiger partial charge in [-0.1, -0.05) is 96.1 Å². The number of aryl methyl sites for hydroxylation is 2. The molecular weight excluding hydrogens is 973 g/mol. The van der Waals surface area contributed by atoms with Crippen molar-refractivity contribution in [2.75, 3.05) is 9.80 Å². The monoisotopic (exact) mass is 1010 g/mol. The van der Waals surface area contributed by atoms with Gasteiger partial charge in [-0.05, 0) is 179 Å². The van der Waals surface area contributed by atoms with Gasteiger partial charge in [-0.3, -0.25) is 0 Å². The molecule has 0 saturated heterocycles. The molecule has 0 saturated carbocycles. The summed E-state index contributed by atoms with van der Waals surface area (Å²) in [6.07, 6.45) is 0. The lowest BCUT2D eigenvalue weighted by atomic mass is 9.91. The fourth-order valence-corrected chi connectivity index (χ4v) is 10.6. The Balaban J connectivity index is 1.13. The number of hydrogen-bond acceptors (Lipinski definition) is 2. The summed E-state index contributed by atoms with van der Waals surface area (Å²) in [6, 6.07) is 54.1. The standard InChI is InChI=1S/C66H40F8N2/c1-37-15-23-45(24-16-37)75(47-33-41(63-51(67)7-3-8-52(63)68)31-42(34-47)64-53(69)9-4-10-54(64)70)59-29-21-39-20-28-50-60(30-22-40-19-27-49(59)61(39)62(40)50)76(46-25-17-38(2)18-26-46)48-35-43(65-55(71)11-5-12-56(65)72)32-44(36-48)66-57(73)13-6-14-58(66)74/h3-36H,1-2H3. The van der Waals surface area contributed by atoms with E-state index in [-0.39, 0.29) is 44.5 Å². The number of rotatable bonds is 10. The van der Waals surface area contributed by atoms with Gasteiger partial charge < -0.3 is 9.80 Å². The molecule has 0 atom stereocenters. The Labute approximate surface area is 431 Å². The highest BCUT2D eigenvalue weighted by molar-refractivity contribution is 6.28. The minimum Gasteiger partial charge on any atom is -0.310 e. The molecular formula is C66H40F8N2. The SMILES string of the molecule is Cc1ccc(N(c2cc(-c3c(F)cccc3F)cc(-c3c(F)cccc3F)c2)c2ccc3ccc4c(N(c5ccc(C)cc5)c5cc(-c6c(F)cccc6F)cc(-c6c(F)cccc6F)c5)ccc5ccc2c3c54)cc1. The van der Waals surface area contributed by atoms with Gasteiger partial charge in [-0.2, -0.15) is 0 Å². The van der Waals surface area contributed by atoms with E-state index in [9.17, 15) is 0 Å². The maximum absolute atomic E-state index is 15.8. The molecule has 0 heterocycles. The van der Waals surface area contributed by atoms with E-state index in [1.807, 2.05) is 121 Å². The Morgan fingerprint density at radius 3 is 0.803 bits per heavy atom. The molecule has 0 aliphatic rings. The average molecular weight is 1010 g/mol. The lowest BCUT2D eigenvalue weighted by molar-refractivity contribution is 0.588. The number of halogens is 8. The molecule has 76 heavy (non-hydrogen) atoms. The second-order valence-corrected chi connectivity index (χ2v) is 18.9. The van der Waals surface area contributed by atoms with Crippen LogP contribution in [0.1, 0.15) is 11.1 Å². The van der Waals surface area contributed by atoms with Crippen LogP contribution >= 0.6 is 0 Å². The molecule has 12 rings (SSSR count). The summed E-state index contributed by atoms with van der Waals surface area (Å²) in [7, 11) is 0. The maximum atomic E-state index is 15.8. The molecule has 0 N–H and O–H groups in total. The van der Waals surface area contributed by atoms with Crippen LogP contribution in [0.5, 0.6) is 0 Å². The van der Waals surface area contributed by atoms with Gasteiger partial charge in [0.15, 0.2) is 0 Å². The molecule has 0 radical (unpaired) electrons. The maximum Gasteiger partial charge on any atom is 0.133 e. The van der Waals surface area contributed by atoms with Gasteiger partial charge in [0.05, 0.1) is 33.6 Å². The summed E-state index contributed by atoms with van der Waals surface area (Å²) >= 11 is 0. The summed E-state index contributed by atoms with van der Waals surface area (Å²) in [4.78, 5) is 3.79. The van der Waals surface area contributed by atoms with Gasteiger partial charge in [-0.25, -0.2) is 35.1 Å². The third-order valence-electron chi connectivity index (χ3n) is 14.0. The quantitative estimate of drug-likeness (QED) is 0.0995. The van der Waals surface area contributed by atoms with Crippen LogP contribution in [-0.2, 0) is 0 Å². The average Bonchev–Trinajstić information content (AvgIpc) is 3.53. The minimum absolute atomic E-state index is 0.0455. The lowest BCUT2D eigenvalue weighted by Gasteiger charge is -2.30. The van der Waals surface area contributed by atoms with Crippen LogP contribution in [0.3, 0.4) is 0 Å². The predicted molar refractivity (Wildman–Crippen MR) is 290 cm³/mol. The second-order valence-electron chi connectivity index (χ2n) is 18.9. The van der Waals surface area contributed by atoms with E-state index < -0.39 is 46.5 Å². The van der Waals surface area contributed by atoms with E-state index in [2.05, 4.69) is 0 Å². The molecule has 370 valence electrons. The zero-order chi connectivity index (χ0) is 52.5. The molecule has 0 bridgehead atoms. The van der Waals surface area contributed by atoms with E-state index in [0.717, 1.165) is 92.0 Å². The Hall–Kier alpha value is -9.28. The second kappa shape index (κ2) is 18.9. The molecule has 0 spiro atoms. The van der Waals surface area contributed by atoms with Gasteiger partial charge in [0.2, 0.25) is 0 Å². The highest BCUT2D eigenvalue weighted by atomic mass is 19.2. The van der Waals surface area contributed by atoms with Crippen molar-refractivity contribution in [3.63, 3.8) is 0 Å². The normalized spacial score (nSPS) is 11.6. The zero-order valence-corrected chi connectivity index (χ0v) is 40.5. The first-order valence-electron chi connectivity index (χ1n) is 24.3. The van der Waals surface area contributed by atoms with E-state index in [1.165, 1.54) is 36.4 Å². The van der Waals surface area contributed by atoms with Crippen molar-refractivity contribution in [3.8, 4) is 44.5 Å². The number of anilines is 6. The van der Waals surface area contributed by atoms with Crippen molar-refractivity contribution in [2.24, 2.45) is 0 Å². The highest BCUT2D eigenvalue weighted by Gasteiger charge is 2.26. The summed E-state index contributed by atoms with van der Waals surface area (Å²) in [5.74, 6) is -6.90. The van der Waals surface area contributed by atoms with Gasteiger partial charge in [-0.15, -0.1) is 0 Å². The first-order chi connectivity index (χ1) is 36.8. The smallest absolute Gasteiger partial charge is 0.133 e. The summed E-state index contributed by atoms with van der Waals surface area (Å²) in [5.41, 5.74) is 3.79. The van der Waals surface area contributed by atoms with Gasteiger partial charge in [0.25, 0.3) is 0 Å². The Morgan fingerprint density at radius 1 is 0.263 bits per heavy atom. The molecule has 0 aliphatic heterocycles. The Bertz CT molecular complexity index is 3750. The van der Waals surface area contributed by atoms with E-state index >= 15 is 35.1 Å². The highest BCUT2D eigenvalue weighted by Crippen LogP contribution is 2.50. The predicted octanol–water partition coefficient (Wildman–Crippen LogP) is 19.9. The number of benzene rings is 12. The summed E-state index contributed by atoms with van der Waals surface area (Å²) < 4.78 is 126. The molecule has 10 heteroatoms. The topological polar surface area (TPSA) is 6.48 Å². The summed E-state index contributed by atoms with van der Waals surface area (Å²) in [5, 5.41) is 4.83. The van der Waals surface area contributed by atoms with E-state index in [0.29, 0.717) is 34.1 Å². The fourth-order valence-electron chi connectivity index (χ4n) is 10.6. The molecule has 2 nitrogen and oxygen atoms in total. The van der Waals surface area contributed by atoms with Crippen LogP contribution in [0.2, 0.25) is 0 Å². The number of nitrogens with zero attached hydrogens (tertiary/aromatic N) is 2. The minimum atomic E-state index is -0.862. The molecule has 12 aromatic carbocycles. The van der Waals surface area contributed by atoms with Crippen LogP contribution in [0.15, 0.2) is 206 Å². The van der Waals surface area contributed by atoms with Crippen LogP contribution < -0.4 is 9.80 Å². The fraction of sp³-hybridized carbons (Fsp3) is 0.0303. The molecule has 12 aromatic rings. The van der Waals surface area contributed by atoms with Crippen molar-refractivity contribution < 1.29 is 35.1 Å². The van der Waals surface area contributed by atoms with Crippen molar-refractivity contribution in [3.05, 3.63) is 264 Å². The van der Waals surface area contributed by atoms with Gasteiger partial charge in [0, 0.05) is 33.5 Å². The van der Waals surface area contributed by atoms with Crippen molar-refractivity contribution in [1.82, 2.24) is 0 Å². The molecule has 0 amide bonds. The summed E-state index contributed by atoms with van der Waals surface area (Å²) in [6.45, 7) is 3.88. The largest absolute Gasteiger partial charge is 0.310 e. The zero-order valence-electron chi connectivity index (χ0n) is 40.5. The van der Waals surface area contributed by atoms with Crippen molar-refractivity contribution >= 4 is 66.4 Å². The van der Waals surface area contributed by atoms with Gasteiger partial charge >= 0.3 is 0 Å². The van der Waals surface area contributed by atoms with Crippen molar-refractivity contribution in [1.29, 1.82) is 0 Å². The molecule has 0 aromatic heterocycles. The Kier molecular flexibility index (Phi) is 11.9. The van der Waals surface area contributed by atoms with Crippen LogP contribution in [0, 0.1) is 60.4 Å². The van der Waals surface area contributed by atoms with E-state index in [1.54, 1.807) is 24.3 Å². The number of hydrogen-bond donors (Lipinski definition) is 0. The molecule has 0 fully saturated rings. The van der Waals surface area contributed by atoms with Crippen molar-refractivity contribution in [2.45, 2.75) is 13.8 Å². The first kappa shape index (κ1) is 47.7. The Morgan fingerprint density at radius 2 is 0.526 bits per heavy atom. The van der Waals surface area contributed by atoms with Crippen LogP contribution in [0.4, 0.5) is 69.2 Å². The molecule has 0 aliphatic carbocycles. The third-order valence-corrected chi connectivity index (χ3v) is 14.0. The van der Waals surface area contributed by atoms with Crippen LogP contribution in [0.25, 0.3) is 76.8 Å². The van der Waals surface area contributed by atoms with E-state index in [4.69, 9.17) is 0 Å².